The van der Waals surface area contributed by atoms with Crippen LogP contribution in [-0.2, 0) is 6.42 Å². The van der Waals surface area contributed by atoms with E-state index >= 15 is 0 Å². The van der Waals surface area contributed by atoms with E-state index in [-0.39, 0.29) is 6.03 Å². The minimum Gasteiger partial charge on any atom is -0.336 e. The predicted octanol–water partition coefficient (Wildman–Crippen LogP) is 2.30. The molecule has 1 aromatic carbocycles. The van der Waals surface area contributed by atoms with E-state index in [0.717, 1.165) is 37.5 Å². The Morgan fingerprint density at radius 1 is 1.31 bits per heavy atom. The van der Waals surface area contributed by atoms with E-state index < -0.39 is 0 Å². The highest BCUT2D eigenvalue weighted by Gasteiger charge is 2.17. The number of halogens is 1. The van der Waals surface area contributed by atoms with E-state index in [1.165, 1.54) is 5.56 Å². The van der Waals surface area contributed by atoms with E-state index in [0.29, 0.717) is 0 Å². The SMILES string of the molecule is O=C1NCCN1CCCc1ccc(Cl)cc1. The summed E-state index contributed by atoms with van der Waals surface area (Å²) in [6.07, 6.45) is 1.98. The number of carbonyl (C=O) groups excluding carboxylic acids is 1. The van der Waals surface area contributed by atoms with Gasteiger partial charge in [0.2, 0.25) is 0 Å². The molecule has 3 nitrogen and oxygen atoms in total. The number of nitrogens with one attached hydrogen (secondary N) is 1. The minimum absolute atomic E-state index is 0.0658. The highest BCUT2D eigenvalue weighted by atomic mass is 35.5. The Balaban J connectivity index is 1.75. The Morgan fingerprint density at radius 3 is 2.69 bits per heavy atom. The van der Waals surface area contributed by atoms with Gasteiger partial charge in [-0.15, -0.1) is 0 Å². The second-order valence-electron chi connectivity index (χ2n) is 3.95. The van der Waals surface area contributed by atoms with Crippen LogP contribution in [0.1, 0.15) is 12.0 Å². The van der Waals surface area contributed by atoms with Crippen LogP contribution in [0.5, 0.6) is 0 Å². The lowest BCUT2D eigenvalue weighted by Gasteiger charge is -2.13. The lowest BCUT2D eigenvalue weighted by molar-refractivity contribution is 0.217. The molecule has 1 aliphatic heterocycles. The average Bonchev–Trinajstić information content (AvgIpc) is 2.68. The van der Waals surface area contributed by atoms with Gasteiger partial charge in [0, 0.05) is 24.7 Å². The summed E-state index contributed by atoms with van der Waals surface area (Å²) >= 11 is 5.81. The molecule has 0 aromatic heterocycles. The molecule has 0 radical (unpaired) electrons. The lowest BCUT2D eigenvalue weighted by Crippen LogP contribution is -2.29. The molecule has 1 aliphatic rings. The van der Waals surface area contributed by atoms with Crippen molar-refractivity contribution in [2.75, 3.05) is 19.6 Å². The van der Waals surface area contributed by atoms with Crippen molar-refractivity contribution in [3.63, 3.8) is 0 Å². The fourth-order valence-corrected chi connectivity index (χ4v) is 1.98. The molecule has 0 bridgehead atoms. The molecule has 1 aromatic rings. The van der Waals surface area contributed by atoms with Crippen LogP contribution in [0.3, 0.4) is 0 Å². The normalized spacial score (nSPS) is 15.3. The molecule has 1 saturated heterocycles. The van der Waals surface area contributed by atoms with Crippen molar-refractivity contribution >= 4 is 17.6 Å². The second-order valence-corrected chi connectivity index (χ2v) is 4.39. The molecule has 0 spiro atoms. The van der Waals surface area contributed by atoms with E-state index in [4.69, 9.17) is 11.6 Å². The van der Waals surface area contributed by atoms with Crippen LogP contribution in [0, 0.1) is 0 Å². The van der Waals surface area contributed by atoms with Crippen molar-refractivity contribution in [1.29, 1.82) is 0 Å². The van der Waals surface area contributed by atoms with Crippen LogP contribution in [-0.4, -0.2) is 30.6 Å². The monoisotopic (exact) mass is 238 g/mol. The first-order valence-corrected chi connectivity index (χ1v) is 5.91. The molecule has 16 heavy (non-hydrogen) atoms. The van der Waals surface area contributed by atoms with Crippen LogP contribution >= 0.6 is 11.6 Å². The zero-order valence-corrected chi connectivity index (χ0v) is 9.83. The van der Waals surface area contributed by atoms with E-state index in [9.17, 15) is 4.79 Å². The predicted molar refractivity (Wildman–Crippen MR) is 64.7 cm³/mol. The third-order valence-corrected chi connectivity index (χ3v) is 3.00. The van der Waals surface area contributed by atoms with Gasteiger partial charge >= 0.3 is 6.03 Å². The van der Waals surface area contributed by atoms with Crippen LogP contribution < -0.4 is 5.32 Å². The van der Waals surface area contributed by atoms with Crippen LogP contribution in [0.4, 0.5) is 4.79 Å². The second kappa shape index (κ2) is 5.21. The number of aryl methyl sites for hydroxylation is 1. The van der Waals surface area contributed by atoms with Crippen molar-refractivity contribution in [2.24, 2.45) is 0 Å². The number of nitrogens with zero attached hydrogens (tertiary/aromatic N) is 1. The topological polar surface area (TPSA) is 32.3 Å². The largest absolute Gasteiger partial charge is 0.336 e. The van der Waals surface area contributed by atoms with Crippen molar-refractivity contribution in [3.8, 4) is 0 Å². The van der Waals surface area contributed by atoms with Gasteiger partial charge in [0.15, 0.2) is 0 Å². The standard InChI is InChI=1S/C12H15ClN2O/c13-11-5-3-10(4-6-11)2-1-8-15-9-7-14-12(15)16/h3-6H,1-2,7-9H2,(H,14,16). The first kappa shape index (κ1) is 11.3. The van der Waals surface area contributed by atoms with Gasteiger partial charge in [-0.1, -0.05) is 23.7 Å². The van der Waals surface area contributed by atoms with Crippen molar-refractivity contribution in [3.05, 3.63) is 34.9 Å². The van der Waals surface area contributed by atoms with Gasteiger partial charge in [0.25, 0.3) is 0 Å². The molecular formula is C12H15ClN2O. The smallest absolute Gasteiger partial charge is 0.317 e. The maximum Gasteiger partial charge on any atom is 0.317 e. The number of hydrogen-bond donors (Lipinski definition) is 1. The molecule has 2 rings (SSSR count). The van der Waals surface area contributed by atoms with Gasteiger partial charge in [0.05, 0.1) is 0 Å². The zero-order valence-electron chi connectivity index (χ0n) is 9.08. The number of hydrogen-bond acceptors (Lipinski definition) is 1. The maximum absolute atomic E-state index is 11.3. The van der Waals surface area contributed by atoms with Crippen molar-refractivity contribution in [2.45, 2.75) is 12.8 Å². The first-order chi connectivity index (χ1) is 7.75. The molecule has 1 N–H and O–H groups in total. The number of amides is 2. The Bertz CT molecular complexity index is 364. The average molecular weight is 239 g/mol. The number of rotatable bonds is 4. The summed E-state index contributed by atoms with van der Waals surface area (Å²) in [5.41, 5.74) is 1.27. The molecule has 0 atom stereocenters. The summed E-state index contributed by atoms with van der Waals surface area (Å²) < 4.78 is 0. The lowest BCUT2D eigenvalue weighted by atomic mass is 10.1. The zero-order chi connectivity index (χ0) is 11.4. The summed E-state index contributed by atoms with van der Waals surface area (Å²) in [5, 5.41) is 3.56. The van der Waals surface area contributed by atoms with E-state index in [2.05, 4.69) is 5.32 Å². The van der Waals surface area contributed by atoms with Gasteiger partial charge in [-0.05, 0) is 30.5 Å². The molecular weight excluding hydrogens is 224 g/mol. The number of urea groups is 1. The number of carbonyl (C=O) groups is 1. The molecule has 1 heterocycles. The van der Waals surface area contributed by atoms with Crippen LogP contribution in [0.25, 0.3) is 0 Å². The molecule has 4 heteroatoms. The Hall–Kier alpha value is -1.22. The third-order valence-electron chi connectivity index (χ3n) is 2.75. The summed E-state index contributed by atoms with van der Waals surface area (Å²) in [5.74, 6) is 0. The van der Waals surface area contributed by atoms with Crippen LogP contribution in [0.15, 0.2) is 24.3 Å². The quantitative estimate of drug-likeness (QED) is 0.858. The van der Waals surface area contributed by atoms with Gasteiger partial charge in [-0.3, -0.25) is 0 Å². The fourth-order valence-electron chi connectivity index (χ4n) is 1.85. The highest BCUT2D eigenvalue weighted by molar-refractivity contribution is 6.30. The minimum atomic E-state index is 0.0658. The van der Waals surface area contributed by atoms with Gasteiger partial charge < -0.3 is 10.2 Å². The number of benzene rings is 1. The van der Waals surface area contributed by atoms with E-state index in [1.54, 1.807) is 0 Å². The van der Waals surface area contributed by atoms with E-state index in [1.807, 2.05) is 29.2 Å². The molecule has 1 fully saturated rings. The van der Waals surface area contributed by atoms with Gasteiger partial charge in [-0.25, -0.2) is 4.79 Å². The summed E-state index contributed by atoms with van der Waals surface area (Å²) in [6.45, 7) is 2.44. The van der Waals surface area contributed by atoms with Crippen molar-refractivity contribution < 1.29 is 4.79 Å². The highest BCUT2D eigenvalue weighted by Crippen LogP contribution is 2.11. The maximum atomic E-state index is 11.3. The third kappa shape index (κ3) is 2.89. The Labute approximate surface area is 100 Å². The molecule has 0 unspecified atom stereocenters. The summed E-state index contributed by atoms with van der Waals surface area (Å²) in [6, 6.07) is 7.94. The molecule has 2 amide bonds. The fraction of sp³-hybridized carbons (Fsp3) is 0.417. The molecule has 0 saturated carbocycles. The summed E-state index contributed by atoms with van der Waals surface area (Å²) in [4.78, 5) is 13.1. The van der Waals surface area contributed by atoms with Crippen molar-refractivity contribution in [1.82, 2.24) is 10.2 Å². The van der Waals surface area contributed by atoms with Gasteiger partial charge in [-0.2, -0.15) is 0 Å². The first-order valence-electron chi connectivity index (χ1n) is 5.53. The Morgan fingerprint density at radius 2 is 2.06 bits per heavy atom. The van der Waals surface area contributed by atoms with Gasteiger partial charge in [0.1, 0.15) is 0 Å². The molecule has 86 valence electrons. The summed E-state index contributed by atoms with van der Waals surface area (Å²) in [7, 11) is 0. The van der Waals surface area contributed by atoms with Crippen LogP contribution in [0.2, 0.25) is 5.02 Å². The Kier molecular flexibility index (Phi) is 3.67. The molecule has 0 aliphatic carbocycles.